The first-order valence-corrected chi connectivity index (χ1v) is 17.6. The fourth-order valence-corrected chi connectivity index (χ4v) is 7.30. The van der Waals surface area contributed by atoms with Crippen LogP contribution < -0.4 is 20.1 Å². The SMILES string of the molecule is CCCCN1C(=O)[C@@H](CC2(O)CCCCC2)NC(=O)C12CCN(CCCCOc1cccc(Oc3ccc(C(=O)NC)cc3)c1)CC2. The van der Waals surface area contributed by atoms with E-state index >= 15 is 0 Å². The van der Waals surface area contributed by atoms with Crippen molar-refractivity contribution in [3.05, 3.63) is 54.1 Å². The van der Waals surface area contributed by atoms with E-state index in [1.807, 2.05) is 29.2 Å². The van der Waals surface area contributed by atoms with Gasteiger partial charge in [-0.2, -0.15) is 0 Å². The van der Waals surface area contributed by atoms with E-state index in [-0.39, 0.29) is 17.7 Å². The van der Waals surface area contributed by atoms with Crippen LogP contribution in [-0.4, -0.2) is 89.6 Å². The van der Waals surface area contributed by atoms with E-state index in [2.05, 4.69) is 22.5 Å². The second-order valence-electron chi connectivity index (χ2n) is 13.5. The molecular formula is C37H52N4O6. The number of piperazine rings is 1. The quantitative estimate of drug-likeness (QED) is 0.246. The highest BCUT2D eigenvalue weighted by Gasteiger charge is 2.54. The molecule has 0 aromatic heterocycles. The molecule has 10 heteroatoms. The summed E-state index contributed by atoms with van der Waals surface area (Å²) in [4.78, 5) is 43.6. The Morgan fingerprint density at radius 1 is 0.936 bits per heavy atom. The predicted molar refractivity (Wildman–Crippen MR) is 181 cm³/mol. The lowest BCUT2D eigenvalue weighted by atomic mass is 9.77. The van der Waals surface area contributed by atoms with Gasteiger partial charge in [0.15, 0.2) is 0 Å². The van der Waals surface area contributed by atoms with Crippen molar-refractivity contribution in [1.82, 2.24) is 20.4 Å². The molecule has 0 bridgehead atoms. The third kappa shape index (κ3) is 8.65. The van der Waals surface area contributed by atoms with Crippen molar-refractivity contribution in [2.45, 2.75) is 101 Å². The zero-order chi connectivity index (χ0) is 33.3. The summed E-state index contributed by atoms with van der Waals surface area (Å²) in [6.45, 7) is 5.72. The van der Waals surface area contributed by atoms with Gasteiger partial charge in [0.05, 0.1) is 12.2 Å². The van der Waals surface area contributed by atoms with Gasteiger partial charge in [-0.05, 0) is 87.9 Å². The van der Waals surface area contributed by atoms with E-state index in [0.29, 0.717) is 62.3 Å². The maximum absolute atomic E-state index is 13.8. The third-order valence-electron chi connectivity index (χ3n) is 10.1. The number of ether oxygens (including phenoxy) is 2. The summed E-state index contributed by atoms with van der Waals surface area (Å²) in [7, 11) is 1.60. The van der Waals surface area contributed by atoms with Gasteiger partial charge in [-0.1, -0.05) is 38.7 Å². The van der Waals surface area contributed by atoms with E-state index in [1.165, 1.54) is 0 Å². The molecule has 1 spiro atoms. The van der Waals surface area contributed by atoms with E-state index in [9.17, 15) is 19.5 Å². The number of carbonyl (C=O) groups is 3. The van der Waals surface area contributed by atoms with Crippen molar-refractivity contribution in [1.29, 1.82) is 0 Å². The molecule has 0 radical (unpaired) electrons. The van der Waals surface area contributed by atoms with Gasteiger partial charge < -0.3 is 35.0 Å². The van der Waals surface area contributed by atoms with Gasteiger partial charge in [0.2, 0.25) is 11.8 Å². The van der Waals surface area contributed by atoms with Gasteiger partial charge in [-0.25, -0.2) is 0 Å². The molecule has 3 aliphatic rings. The van der Waals surface area contributed by atoms with Gasteiger partial charge in [0.1, 0.15) is 28.8 Å². The summed E-state index contributed by atoms with van der Waals surface area (Å²) < 4.78 is 12.0. The van der Waals surface area contributed by atoms with Crippen LogP contribution in [0.1, 0.15) is 94.3 Å². The first-order valence-electron chi connectivity index (χ1n) is 17.6. The number of nitrogens with zero attached hydrogens (tertiary/aromatic N) is 2. The van der Waals surface area contributed by atoms with Crippen LogP contribution >= 0.6 is 0 Å². The van der Waals surface area contributed by atoms with Crippen LogP contribution in [0.2, 0.25) is 0 Å². The third-order valence-corrected chi connectivity index (χ3v) is 10.1. The molecule has 2 heterocycles. The maximum Gasteiger partial charge on any atom is 0.251 e. The van der Waals surface area contributed by atoms with Crippen LogP contribution in [0.3, 0.4) is 0 Å². The molecule has 3 amide bonds. The van der Waals surface area contributed by atoms with Crippen LogP contribution in [0.5, 0.6) is 17.2 Å². The first kappa shape index (κ1) is 34.7. The van der Waals surface area contributed by atoms with Crippen LogP contribution in [0.25, 0.3) is 0 Å². The zero-order valence-electron chi connectivity index (χ0n) is 28.1. The normalized spacial score (nSPS) is 20.9. The summed E-state index contributed by atoms with van der Waals surface area (Å²) in [5.41, 5.74) is -1.08. The largest absolute Gasteiger partial charge is 0.493 e. The Morgan fingerprint density at radius 3 is 2.36 bits per heavy atom. The first-order chi connectivity index (χ1) is 22.7. The number of hydrogen-bond donors (Lipinski definition) is 3. The minimum atomic E-state index is -0.862. The lowest BCUT2D eigenvalue weighted by Gasteiger charge is -2.52. The lowest BCUT2D eigenvalue weighted by molar-refractivity contribution is -0.163. The summed E-state index contributed by atoms with van der Waals surface area (Å²) in [5, 5.41) is 16.8. The number of nitrogens with one attached hydrogen (secondary N) is 2. The fraction of sp³-hybridized carbons (Fsp3) is 0.595. The molecule has 3 fully saturated rings. The van der Waals surface area contributed by atoms with E-state index in [1.54, 1.807) is 31.3 Å². The van der Waals surface area contributed by atoms with Gasteiger partial charge >= 0.3 is 0 Å². The number of benzene rings is 2. The molecule has 1 atom stereocenters. The number of amides is 3. The van der Waals surface area contributed by atoms with Crippen LogP contribution in [0.15, 0.2) is 48.5 Å². The Labute approximate surface area is 279 Å². The highest BCUT2D eigenvalue weighted by molar-refractivity contribution is 6.00. The summed E-state index contributed by atoms with van der Waals surface area (Å²) >= 11 is 0. The number of likely N-dealkylation sites (tertiary alicyclic amines) is 1. The number of piperidine rings is 1. The standard InChI is InChI=1S/C37H52N4O6/c1-3-4-22-41-34(43)32(27-36(45)17-6-5-7-18-36)39-35(44)37(41)19-23-40(24-20-37)21-8-9-25-46-30-11-10-12-31(26-30)47-29-15-13-28(14-16-29)33(42)38-2/h10-16,26,32,45H,3-9,17-25,27H2,1-2H3,(H,38,42)(H,39,44)/t32-/m1/s1. The molecule has 47 heavy (non-hydrogen) atoms. The molecule has 0 unspecified atom stereocenters. The van der Waals surface area contributed by atoms with Crippen molar-refractivity contribution in [2.75, 3.05) is 39.8 Å². The summed E-state index contributed by atoms with van der Waals surface area (Å²) in [6, 6.07) is 13.9. The van der Waals surface area contributed by atoms with Gasteiger partial charge in [0, 0.05) is 44.7 Å². The van der Waals surface area contributed by atoms with Gasteiger partial charge in [0.25, 0.3) is 5.91 Å². The molecule has 1 aliphatic carbocycles. The highest BCUT2D eigenvalue weighted by atomic mass is 16.5. The van der Waals surface area contributed by atoms with Crippen LogP contribution in [0.4, 0.5) is 0 Å². The lowest BCUT2D eigenvalue weighted by Crippen LogP contribution is -2.73. The Balaban J connectivity index is 1.07. The number of unbranched alkanes of at least 4 members (excludes halogenated alkanes) is 2. The second-order valence-corrected chi connectivity index (χ2v) is 13.5. The smallest absolute Gasteiger partial charge is 0.251 e. The number of rotatable bonds is 14. The average Bonchev–Trinajstić information content (AvgIpc) is 3.08. The van der Waals surface area contributed by atoms with Crippen LogP contribution in [-0.2, 0) is 9.59 Å². The topological polar surface area (TPSA) is 120 Å². The van der Waals surface area contributed by atoms with Crippen molar-refractivity contribution < 1.29 is 29.0 Å². The van der Waals surface area contributed by atoms with Crippen molar-refractivity contribution in [3.8, 4) is 17.2 Å². The maximum atomic E-state index is 13.8. The van der Waals surface area contributed by atoms with E-state index in [4.69, 9.17) is 9.47 Å². The Bertz CT molecular complexity index is 1350. The molecule has 2 aromatic carbocycles. The van der Waals surface area contributed by atoms with E-state index in [0.717, 1.165) is 70.3 Å². The van der Waals surface area contributed by atoms with Crippen molar-refractivity contribution in [3.63, 3.8) is 0 Å². The van der Waals surface area contributed by atoms with Gasteiger partial charge in [-0.3, -0.25) is 14.4 Å². The number of aliphatic hydroxyl groups is 1. The van der Waals surface area contributed by atoms with Crippen LogP contribution in [0, 0.1) is 0 Å². The average molecular weight is 649 g/mol. The Kier molecular flexibility index (Phi) is 11.8. The monoisotopic (exact) mass is 648 g/mol. The molecular weight excluding hydrogens is 596 g/mol. The molecule has 1 saturated carbocycles. The number of hydrogen-bond acceptors (Lipinski definition) is 7. The van der Waals surface area contributed by atoms with E-state index < -0.39 is 17.2 Å². The summed E-state index contributed by atoms with van der Waals surface area (Å²) in [5.74, 6) is 1.83. The van der Waals surface area contributed by atoms with Crippen molar-refractivity contribution >= 4 is 17.7 Å². The Morgan fingerprint density at radius 2 is 1.66 bits per heavy atom. The number of carbonyl (C=O) groups excluding carboxylic acids is 3. The molecule has 10 nitrogen and oxygen atoms in total. The molecule has 256 valence electrons. The Hall–Kier alpha value is -3.63. The molecule has 3 N–H and O–H groups in total. The fourth-order valence-electron chi connectivity index (χ4n) is 7.30. The molecule has 2 saturated heterocycles. The molecule has 5 rings (SSSR count). The minimum absolute atomic E-state index is 0.0176. The summed E-state index contributed by atoms with van der Waals surface area (Å²) in [6.07, 6.45) is 9.70. The zero-order valence-corrected chi connectivity index (χ0v) is 28.1. The van der Waals surface area contributed by atoms with Crippen molar-refractivity contribution in [2.24, 2.45) is 0 Å². The molecule has 2 aromatic rings. The highest BCUT2D eigenvalue weighted by Crippen LogP contribution is 2.37. The second kappa shape index (κ2) is 16.0. The minimum Gasteiger partial charge on any atom is -0.493 e. The van der Waals surface area contributed by atoms with Gasteiger partial charge in [-0.15, -0.1) is 0 Å². The molecule has 2 aliphatic heterocycles. The predicted octanol–water partition coefficient (Wildman–Crippen LogP) is 5.04.